The first kappa shape index (κ1) is 34.4. The summed E-state index contributed by atoms with van der Waals surface area (Å²) in [5.74, 6) is -0.556. The van der Waals surface area contributed by atoms with Crippen LogP contribution in [0.4, 0.5) is 11.4 Å². The average molecular weight is 625 g/mol. The molecule has 2 amide bonds. The van der Waals surface area contributed by atoms with E-state index in [2.05, 4.69) is 31.2 Å². The summed E-state index contributed by atoms with van der Waals surface area (Å²) < 4.78 is 10.1. The number of rotatable bonds is 15. The lowest BCUT2D eigenvalue weighted by molar-refractivity contribution is 0.101. The molecule has 0 fully saturated rings. The topological polar surface area (TPSA) is 126 Å². The largest absolute Gasteiger partial charge is 0.383 e. The fourth-order valence-electron chi connectivity index (χ4n) is 5.08. The monoisotopic (exact) mass is 624 g/mol. The molecule has 0 atom stereocenters. The van der Waals surface area contributed by atoms with Crippen LogP contribution >= 0.6 is 0 Å². The van der Waals surface area contributed by atoms with Crippen LogP contribution in [0.5, 0.6) is 0 Å². The summed E-state index contributed by atoms with van der Waals surface area (Å²) in [7, 11) is 3.34. The van der Waals surface area contributed by atoms with E-state index in [1.54, 1.807) is 26.6 Å². The Morgan fingerprint density at radius 1 is 0.652 bits per heavy atom. The van der Waals surface area contributed by atoms with Crippen molar-refractivity contribution in [2.24, 2.45) is 0 Å². The number of carbonyl (C=O) groups is 2. The molecule has 0 aliphatic rings. The molecule has 10 nitrogen and oxygen atoms in total. The highest BCUT2D eigenvalue weighted by Gasteiger charge is 2.17. The number of methoxy groups -OCH3 is 2. The van der Waals surface area contributed by atoms with E-state index in [9.17, 15) is 9.59 Å². The van der Waals surface area contributed by atoms with E-state index < -0.39 is 0 Å². The molecule has 4 aromatic rings. The van der Waals surface area contributed by atoms with Crippen LogP contribution in [0.2, 0.25) is 0 Å². The lowest BCUT2D eigenvalue weighted by Gasteiger charge is -2.17. The number of hydrogen-bond donors (Lipinski definition) is 4. The van der Waals surface area contributed by atoms with E-state index in [0.29, 0.717) is 49.1 Å². The molecule has 0 aliphatic heterocycles. The number of amides is 2. The van der Waals surface area contributed by atoms with Crippen LogP contribution in [0.1, 0.15) is 54.4 Å². The Morgan fingerprint density at radius 2 is 1.07 bits per heavy atom. The van der Waals surface area contributed by atoms with Gasteiger partial charge in [-0.2, -0.15) is 0 Å². The Morgan fingerprint density at radius 3 is 1.43 bits per heavy atom. The van der Waals surface area contributed by atoms with Crippen molar-refractivity contribution in [3.05, 3.63) is 106 Å². The molecule has 0 bridgehead atoms. The quantitative estimate of drug-likeness (QED) is 0.130. The number of ether oxygens (including phenoxy) is 2. The predicted octanol–water partition coefficient (Wildman–Crippen LogP) is 5.35. The second-order valence-corrected chi connectivity index (χ2v) is 11.2. The number of hydrogen-bond acceptors (Lipinski definition) is 8. The maximum atomic E-state index is 13.2. The number of benzene rings is 2. The molecular formula is C36H44N6O4. The first-order chi connectivity index (χ1) is 22.2. The van der Waals surface area contributed by atoms with Gasteiger partial charge < -0.3 is 30.7 Å². The van der Waals surface area contributed by atoms with Gasteiger partial charge in [-0.15, -0.1) is 0 Å². The third-order valence-electron chi connectivity index (χ3n) is 7.95. The Balaban J connectivity index is 1.47. The van der Waals surface area contributed by atoms with Crippen molar-refractivity contribution in [2.45, 2.75) is 40.8 Å². The SMILES string of the molecule is COCCNCc1cnc(C(=O)Nc2cccc(-c3cccc(NC(=O)c4cc(C)c(CNCCOC)cn4)c3C)c2C)cc1C. The predicted molar refractivity (Wildman–Crippen MR) is 182 cm³/mol. The minimum atomic E-state index is -0.278. The molecule has 242 valence electrons. The third kappa shape index (κ3) is 8.82. The fraction of sp³-hybridized carbons (Fsp3) is 0.333. The number of pyridine rings is 2. The molecule has 0 saturated carbocycles. The molecule has 0 saturated heterocycles. The molecule has 2 aromatic carbocycles. The lowest BCUT2D eigenvalue weighted by atomic mass is 9.94. The summed E-state index contributed by atoms with van der Waals surface area (Å²) in [5, 5.41) is 12.7. The van der Waals surface area contributed by atoms with Crippen molar-refractivity contribution in [3.63, 3.8) is 0 Å². The van der Waals surface area contributed by atoms with E-state index in [4.69, 9.17) is 9.47 Å². The number of aryl methyl sites for hydroxylation is 2. The smallest absolute Gasteiger partial charge is 0.274 e. The van der Waals surface area contributed by atoms with Gasteiger partial charge in [-0.05, 0) is 96.5 Å². The Bertz CT molecular complexity index is 1550. The van der Waals surface area contributed by atoms with E-state index in [-0.39, 0.29) is 11.8 Å². The van der Waals surface area contributed by atoms with Gasteiger partial charge in [0, 0.05) is 64.2 Å². The zero-order valence-corrected chi connectivity index (χ0v) is 27.5. The maximum absolute atomic E-state index is 13.2. The third-order valence-corrected chi connectivity index (χ3v) is 7.95. The molecule has 2 heterocycles. The molecule has 4 N–H and O–H groups in total. The van der Waals surface area contributed by atoms with Crippen molar-refractivity contribution in [3.8, 4) is 11.1 Å². The van der Waals surface area contributed by atoms with Crippen LogP contribution in [0.3, 0.4) is 0 Å². The van der Waals surface area contributed by atoms with Crippen LogP contribution in [0, 0.1) is 27.7 Å². The first-order valence-electron chi connectivity index (χ1n) is 15.4. The van der Waals surface area contributed by atoms with Crippen molar-refractivity contribution in [1.29, 1.82) is 0 Å². The van der Waals surface area contributed by atoms with Crippen LogP contribution < -0.4 is 21.3 Å². The number of anilines is 2. The van der Waals surface area contributed by atoms with Gasteiger partial charge >= 0.3 is 0 Å². The molecular weight excluding hydrogens is 580 g/mol. The number of aromatic nitrogens is 2. The second kappa shape index (κ2) is 16.7. The Hall–Kier alpha value is -4.48. The summed E-state index contributed by atoms with van der Waals surface area (Å²) in [6, 6.07) is 15.2. The van der Waals surface area contributed by atoms with Gasteiger partial charge in [0.2, 0.25) is 0 Å². The summed E-state index contributed by atoms with van der Waals surface area (Å²) in [6.07, 6.45) is 3.48. The van der Waals surface area contributed by atoms with Crippen molar-refractivity contribution in [2.75, 3.05) is 51.2 Å². The highest BCUT2D eigenvalue weighted by Crippen LogP contribution is 2.34. The Kier molecular flexibility index (Phi) is 12.5. The van der Waals surface area contributed by atoms with Gasteiger partial charge in [0.15, 0.2) is 0 Å². The molecule has 0 radical (unpaired) electrons. The summed E-state index contributed by atoms with van der Waals surface area (Å²) >= 11 is 0. The Labute approximate surface area is 271 Å². The standard InChI is InChI=1S/C36H44N6O4/c1-23-17-33(39-21-27(23)19-37-13-15-45-5)35(43)41-31-11-7-9-29(25(31)3)30-10-8-12-32(26(30)4)42-36(44)34-18-24(2)28(22-40-34)20-38-14-16-46-6/h7-12,17-18,21-22,37-38H,13-16,19-20H2,1-6H3,(H,41,43)(H,42,44). The highest BCUT2D eigenvalue weighted by atomic mass is 16.5. The van der Waals surface area contributed by atoms with Crippen LogP contribution in [-0.2, 0) is 22.6 Å². The minimum absolute atomic E-state index is 0.278. The summed E-state index contributed by atoms with van der Waals surface area (Å²) in [4.78, 5) is 35.3. The zero-order chi connectivity index (χ0) is 33.1. The van der Waals surface area contributed by atoms with Gasteiger partial charge in [0.05, 0.1) is 13.2 Å². The van der Waals surface area contributed by atoms with Crippen LogP contribution in [0.25, 0.3) is 11.1 Å². The van der Waals surface area contributed by atoms with Gasteiger partial charge in [-0.1, -0.05) is 24.3 Å². The molecule has 4 rings (SSSR count). The molecule has 0 aliphatic carbocycles. The van der Waals surface area contributed by atoms with Crippen LogP contribution in [-0.4, -0.2) is 62.3 Å². The second-order valence-electron chi connectivity index (χ2n) is 11.2. The van der Waals surface area contributed by atoms with Gasteiger partial charge in [0.25, 0.3) is 11.8 Å². The van der Waals surface area contributed by atoms with Crippen molar-refractivity contribution >= 4 is 23.2 Å². The zero-order valence-electron chi connectivity index (χ0n) is 27.5. The highest BCUT2D eigenvalue weighted by molar-refractivity contribution is 6.05. The fourth-order valence-corrected chi connectivity index (χ4v) is 5.08. The number of nitrogens with one attached hydrogen (secondary N) is 4. The van der Waals surface area contributed by atoms with Crippen molar-refractivity contribution in [1.82, 2.24) is 20.6 Å². The maximum Gasteiger partial charge on any atom is 0.274 e. The van der Waals surface area contributed by atoms with Gasteiger partial charge in [-0.25, -0.2) is 0 Å². The van der Waals surface area contributed by atoms with Gasteiger partial charge in [-0.3, -0.25) is 19.6 Å². The van der Waals surface area contributed by atoms with E-state index in [0.717, 1.165) is 57.6 Å². The lowest BCUT2D eigenvalue weighted by Crippen LogP contribution is -2.20. The normalized spacial score (nSPS) is 11.0. The molecule has 2 aromatic heterocycles. The van der Waals surface area contributed by atoms with E-state index in [1.807, 2.05) is 76.2 Å². The molecule has 0 unspecified atom stereocenters. The van der Waals surface area contributed by atoms with E-state index in [1.165, 1.54) is 0 Å². The van der Waals surface area contributed by atoms with Crippen LogP contribution in [0.15, 0.2) is 60.9 Å². The van der Waals surface area contributed by atoms with Gasteiger partial charge in [0.1, 0.15) is 11.4 Å². The first-order valence-corrected chi connectivity index (χ1v) is 15.4. The molecule has 10 heteroatoms. The minimum Gasteiger partial charge on any atom is -0.383 e. The average Bonchev–Trinajstić information content (AvgIpc) is 3.04. The molecule has 0 spiro atoms. The number of nitrogens with zero attached hydrogens (tertiary/aromatic N) is 2. The van der Waals surface area contributed by atoms with Crippen molar-refractivity contribution < 1.29 is 19.1 Å². The summed E-state index contributed by atoms with van der Waals surface area (Å²) in [6.45, 7) is 11.9. The molecule has 46 heavy (non-hydrogen) atoms. The van der Waals surface area contributed by atoms with E-state index >= 15 is 0 Å². The number of carbonyl (C=O) groups excluding carboxylic acids is 2. The summed E-state index contributed by atoms with van der Waals surface area (Å²) in [5.41, 5.74) is 9.84.